The van der Waals surface area contributed by atoms with Gasteiger partial charge in [-0.2, -0.15) is 0 Å². The van der Waals surface area contributed by atoms with Crippen molar-refractivity contribution in [2.24, 2.45) is 0 Å². The number of urea groups is 1. The van der Waals surface area contributed by atoms with Crippen molar-refractivity contribution in [1.82, 2.24) is 10.3 Å². The van der Waals surface area contributed by atoms with Crippen LogP contribution in [0.2, 0.25) is 0 Å². The van der Waals surface area contributed by atoms with E-state index in [0.717, 1.165) is 25.7 Å². The monoisotopic (exact) mass is 349 g/mol. The molecule has 3 aromatic rings. The van der Waals surface area contributed by atoms with Crippen molar-refractivity contribution in [3.8, 4) is 0 Å². The number of carbonyl (C=O) groups excluding carboxylic acids is 2. The fourth-order valence-electron chi connectivity index (χ4n) is 3.25. The van der Waals surface area contributed by atoms with Crippen LogP contribution in [0.1, 0.15) is 41.9 Å². The Bertz CT molecular complexity index is 925. The van der Waals surface area contributed by atoms with Crippen molar-refractivity contribution in [2.45, 2.75) is 31.7 Å². The summed E-state index contributed by atoms with van der Waals surface area (Å²) in [4.78, 5) is 29.0. The number of anilines is 1. The Hall–Kier alpha value is -3.15. The minimum absolute atomic E-state index is 0.0405. The third kappa shape index (κ3) is 3.44. The van der Waals surface area contributed by atoms with E-state index in [-0.39, 0.29) is 23.7 Å². The van der Waals surface area contributed by atoms with Crippen LogP contribution in [0.4, 0.5) is 10.5 Å². The SMILES string of the molecule is O=C(Nc1cccc(C(=O)c2nc3ccccc3o2)c1)NC1CCCC1. The van der Waals surface area contributed by atoms with Gasteiger partial charge in [0.2, 0.25) is 5.78 Å². The van der Waals surface area contributed by atoms with E-state index in [2.05, 4.69) is 15.6 Å². The van der Waals surface area contributed by atoms with Gasteiger partial charge in [0.15, 0.2) is 5.58 Å². The van der Waals surface area contributed by atoms with Crippen molar-refractivity contribution in [1.29, 1.82) is 0 Å². The minimum atomic E-state index is -0.318. The van der Waals surface area contributed by atoms with E-state index in [1.54, 1.807) is 36.4 Å². The van der Waals surface area contributed by atoms with Gasteiger partial charge in [0, 0.05) is 17.3 Å². The molecule has 1 aromatic heterocycles. The smallest absolute Gasteiger partial charge is 0.319 e. The van der Waals surface area contributed by atoms with Gasteiger partial charge in [0.1, 0.15) is 5.52 Å². The average Bonchev–Trinajstić information content (AvgIpc) is 3.30. The predicted molar refractivity (Wildman–Crippen MR) is 98.3 cm³/mol. The number of nitrogens with one attached hydrogen (secondary N) is 2. The molecule has 1 saturated carbocycles. The first-order valence-corrected chi connectivity index (χ1v) is 8.77. The second kappa shape index (κ2) is 7.00. The highest BCUT2D eigenvalue weighted by atomic mass is 16.4. The van der Waals surface area contributed by atoms with Gasteiger partial charge in [-0.05, 0) is 37.1 Å². The van der Waals surface area contributed by atoms with Gasteiger partial charge in [-0.15, -0.1) is 0 Å². The van der Waals surface area contributed by atoms with Crippen LogP contribution < -0.4 is 10.6 Å². The molecule has 0 atom stereocenters. The zero-order valence-corrected chi connectivity index (χ0v) is 14.2. The van der Waals surface area contributed by atoms with Crippen LogP contribution in [0.15, 0.2) is 52.9 Å². The number of rotatable bonds is 4. The first kappa shape index (κ1) is 16.3. The quantitative estimate of drug-likeness (QED) is 0.694. The van der Waals surface area contributed by atoms with Crippen LogP contribution in [0.25, 0.3) is 11.1 Å². The van der Waals surface area contributed by atoms with E-state index >= 15 is 0 Å². The summed E-state index contributed by atoms with van der Waals surface area (Å²) in [6.07, 6.45) is 4.34. The van der Waals surface area contributed by atoms with E-state index in [9.17, 15) is 9.59 Å². The Morgan fingerprint density at radius 2 is 1.85 bits per heavy atom. The first-order valence-electron chi connectivity index (χ1n) is 8.77. The van der Waals surface area contributed by atoms with E-state index in [4.69, 9.17) is 4.42 Å². The van der Waals surface area contributed by atoms with Gasteiger partial charge < -0.3 is 15.1 Å². The highest BCUT2D eigenvalue weighted by molar-refractivity contribution is 6.07. The van der Waals surface area contributed by atoms with Crippen LogP contribution in [0, 0.1) is 0 Å². The first-order chi connectivity index (χ1) is 12.7. The summed E-state index contributed by atoms with van der Waals surface area (Å²) in [5, 5.41) is 5.75. The number of hydrogen-bond acceptors (Lipinski definition) is 4. The Balaban J connectivity index is 1.49. The zero-order chi connectivity index (χ0) is 17.9. The molecule has 2 aromatic carbocycles. The molecule has 0 aliphatic heterocycles. The molecular formula is C20H19N3O3. The van der Waals surface area contributed by atoms with Gasteiger partial charge in [0.05, 0.1) is 0 Å². The largest absolute Gasteiger partial charge is 0.433 e. The molecule has 1 aliphatic rings. The Morgan fingerprint density at radius 1 is 1.04 bits per heavy atom. The number of para-hydroxylation sites is 2. The van der Waals surface area contributed by atoms with Crippen molar-refractivity contribution in [3.05, 3.63) is 60.0 Å². The van der Waals surface area contributed by atoms with Crippen LogP contribution >= 0.6 is 0 Å². The lowest BCUT2D eigenvalue weighted by atomic mass is 10.1. The number of ketones is 1. The Morgan fingerprint density at radius 3 is 2.65 bits per heavy atom. The molecule has 1 aliphatic carbocycles. The third-order valence-corrected chi connectivity index (χ3v) is 4.56. The molecule has 0 spiro atoms. The summed E-state index contributed by atoms with van der Waals surface area (Å²) in [6.45, 7) is 0. The van der Waals surface area contributed by atoms with Crippen molar-refractivity contribution < 1.29 is 14.0 Å². The Labute approximate surface area is 150 Å². The standard InChI is InChI=1S/C20H19N3O3/c24-18(19-23-16-10-3-4-11-17(16)26-19)13-6-5-9-15(12-13)22-20(25)21-14-7-1-2-8-14/h3-6,9-12,14H,1-2,7-8H2,(H2,21,22,25). The van der Waals surface area contributed by atoms with Crippen LogP contribution in [-0.4, -0.2) is 22.8 Å². The molecule has 6 nitrogen and oxygen atoms in total. The summed E-state index contributed by atoms with van der Waals surface area (Å²) in [5.74, 6) is -0.278. The normalized spacial score (nSPS) is 14.5. The number of carbonyl (C=O) groups is 2. The van der Waals surface area contributed by atoms with Crippen LogP contribution in [0.5, 0.6) is 0 Å². The number of nitrogens with zero attached hydrogens (tertiary/aromatic N) is 1. The fourth-order valence-corrected chi connectivity index (χ4v) is 3.25. The summed E-state index contributed by atoms with van der Waals surface area (Å²) in [7, 11) is 0. The van der Waals surface area contributed by atoms with Gasteiger partial charge in [-0.3, -0.25) is 4.79 Å². The number of amides is 2. The maximum Gasteiger partial charge on any atom is 0.319 e. The number of oxazole rings is 1. The predicted octanol–water partition coefficient (Wildman–Crippen LogP) is 4.12. The summed E-state index contributed by atoms with van der Waals surface area (Å²) < 4.78 is 5.53. The summed E-state index contributed by atoms with van der Waals surface area (Å²) in [6, 6.07) is 14.0. The molecule has 0 bridgehead atoms. The molecule has 26 heavy (non-hydrogen) atoms. The van der Waals surface area contributed by atoms with Crippen molar-refractivity contribution in [3.63, 3.8) is 0 Å². The lowest BCUT2D eigenvalue weighted by Gasteiger charge is -2.13. The molecule has 0 unspecified atom stereocenters. The maximum absolute atomic E-state index is 12.6. The topological polar surface area (TPSA) is 84.2 Å². The lowest BCUT2D eigenvalue weighted by Crippen LogP contribution is -2.36. The van der Waals surface area contributed by atoms with Gasteiger partial charge >= 0.3 is 6.03 Å². The highest BCUT2D eigenvalue weighted by Crippen LogP contribution is 2.20. The van der Waals surface area contributed by atoms with Crippen LogP contribution in [-0.2, 0) is 0 Å². The molecule has 0 saturated heterocycles. The molecule has 0 radical (unpaired) electrons. The van der Waals surface area contributed by atoms with E-state index < -0.39 is 0 Å². The molecule has 4 rings (SSSR count). The van der Waals surface area contributed by atoms with E-state index in [0.29, 0.717) is 22.4 Å². The third-order valence-electron chi connectivity index (χ3n) is 4.56. The second-order valence-electron chi connectivity index (χ2n) is 6.48. The second-order valence-corrected chi connectivity index (χ2v) is 6.48. The minimum Gasteiger partial charge on any atom is -0.433 e. The molecular weight excluding hydrogens is 330 g/mol. The molecule has 1 fully saturated rings. The number of fused-ring (bicyclic) bond motifs is 1. The summed E-state index contributed by atoms with van der Waals surface area (Å²) in [5.41, 5.74) is 2.18. The van der Waals surface area contributed by atoms with Crippen molar-refractivity contribution >= 4 is 28.6 Å². The fraction of sp³-hybridized carbons (Fsp3) is 0.250. The molecule has 2 N–H and O–H groups in total. The van der Waals surface area contributed by atoms with Gasteiger partial charge in [-0.25, -0.2) is 9.78 Å². The average molecular weight is 349 g/mol. The molecule has 1 heterocycles. The maximum atomic E-state index is 12.6. The van der Waals surface area contributed by atoms with Gasteiger partial charge in [-0.1, -0.05) is 37.1 Å². The van der Waals surface area contributed by atoms with E-state index in [1.807, 2.05) is 12.1 Å². The van der Waals surface area contributed by atoms with Crippen molar-refractivity contribution in [2.75, 3.05) is 5.32 Å². The molecule has 6 heteroatoms. The van der Waals surface area contributed by atoms with Crippen LogP contribution in [0.3, 0.4) is 0 Å². The summed E-state index contributed by atoms with van der Waals surface area (Å²) >= 11 is 0. The van der Waals surface area contributed by atoms with E-state index in [1.165, 1.54) is 0 Å². The number of aromatic nitrogens is 1. The van der Waals surface area contributed by atoms with Gasteiger partial charge in [0.25, 0.3) is 5.89 Å². The molecule has 132 valence electrons. The zero-order valence-electron chi connectivity index (χ0n) is 14.2. The number of benzene rings is 2. The molecule has 2 amide bonds. The highest BCUT2D eigenvalue weighted by Gasteiger charge is 2.19. The number of hydrogen-bond donors (Lipinski definition) is 2. The lowest BCUT2D eigenvalue weighted by molar-refractivity contribution is 0.100. The Kier molecular flexibility index (Phi) is 4.39.